The van der Waals surface area contributed by atoms with Gasteiger partial charge in [0.1, 0.15) is 5.76 Å². The number of amides is 3. The second-order valence-electron chi connectivity index (χ2n) is 6.98. The van der Waals surface area contributed by atoms with E-state index in [9.17, 15) is 31.2 Å². The van der Waals surface area contributed by atoms with Gasteiger partial charge in [-0.25, -0.2) is 13.2 Å². The Hall–Kier alpha value is -2.90. The predicted molar refractivity (Wildman–Crippen MR) is 106 cm³/mol. The lowest BCUT2D eigenvalue weighted by Gasteiger charge is -2.33. The Labute approximate surface area is 182 Å². The molecule has 2 heterocycles. The van der Waals surface area contributed by atoms with E-state index in [1.165, 1.54) is 12.3 Å². The molecule has 1 aliphatic rings. The number of sulfonamides is 1. The van der Waals surface area contributed by atoms with Crippen molar-refractivity contribution in [3.05, 3.63) is 54.0 Å². The normalized spacial score (nSPS) is 16.0. The van der Waals surface area contributed by atoms with Crippen LogP contribution in [0.1, 0.15) is 11.3 Å². The van der Waals surface area contributed by atoms with Gasteiger partial charge in [0.15, 0.2) is 0 Å². The number of hydrogen-bond donors (Lipinski definition) is 2. The number of furan rings is 1. The van der Waals surface area contributed by atoms with E-state index in [1.54, 1.807) is 17.0 Å². The summed E-state index contributed by atoms with van der Waals surface area (Å²) in [4.78, 5) is 24.6. The van der Waals surface area contributed by atoms with Crippen LogP contribution >= 0.6 is 0 Å². The summed E-state index contributed by atoms with van der Waals surface area (Å²) in [5.41, 5.74) is -1.22. The minimum Gasteiger partial charge on any atom is -0.467 e. The fourth-order valence-electron chi connectivity index (χ4n) is 3.19. The van der Waals surface area contributed by atoms with Crippen LogP contribution in [0, 0.1) is 0 Å². The molecular weight excluding hydrogens is 453 g/mol. The minimum absolute atomic E-state index is 0.0908. The van der Waals surface area contributed by atoms with Crippen LogP contribution in [0.25, 0.3) is 0 Å². The Balaban J connectivity index is 1.51. The molecule has 3 amide bonds. The average Bonchev–Trinajstić information content (AvgIpc) is 3.26. The number of benzene rings is 1. The first-order valence-electron chi connectivity index (χ1n) is 9.56. The highest BCUT2D eigenvalue weighted by molar-refractivity contribution is 7.89. The number of rotatable bonds is 6. The van der Waals surface area contributed by atoms with Crippen LogP contribution in [-0.2, 0) is 27.5 Å². The third-order valence-corrected chi connectivity index (χ3v) is 6.72. The lowest BCUT2D eigenvalue weighted by Crippen LogP contribution is -2.52. The number of piperazine rings is 1. The van der Waals surface area contributed by atoms with Crippen LogP contribution in [0.15, 0.2) is 52.0 Å². The summed E-state index contributed by atoms with van der Waals surface area (Å²) in [7, 11) is -4.36. The number of carbonyl (C=O) groups excluding carboxylic acids is 2. The first-order valence-corrected chi connectivity index (χ1v) is 11.0. The smallest absolute Gasteiger partial charge is 0.417 e. The van der Waals surface area contributed by atoms with Gasteiger partial charge in [0.2, 0.25) is 15.9 Å². The molecule has 0 atom stereocenters. The van der Waals surface area contributed by atoms with Gasteiger partial charge in [-0.15, -0.1) is 0 Å². The molecule has 0 unspecified atom stereocenters. The van der Waals surface area contributed by atoms with Crippen molar-refractivity contribution in [1.82, 2.24) is 19.8 Å². The number of halogens is 3. The summed E-state index contributed by atoms with van der Waals surface area (Å²) in [5.74, 6) is -0.0855. The molecule has 0 radical (unpaired) electrons. The number of imide groups is 1. The Bertz CT molecular complexity index is 1050. The Morgan fingerprint density at radius 1 is 1.03 bits per heavy atom. The molecule has 1 aliphatic heterocycles. The van der Waals surface area contributed by atoms with E-state index in [0.717, 1.165) is 22.5 Å². The monoisotopic (exact) mass is 474 g/mol. The quantitative estimate of drug-likeness (QED) is 0.658. The fraction of sp³-hybridized carbons (Fsp3) is 0.368. The lowest BCUT2D eigenvalue weighted by molar-refractivity contribution is -0.140. The fourth-order valence-corrected chi connectivity index (χ4v) is 4.82. The number of alkyl halides is 3. The number of urea groups is 1. The SMILES string of the molecule is O=C(CN1CCN(S(=O)(=O)c2ccccc2C(F)(F)F)CC1)NC(=O)NCc1ccco1. The number of nitrogens with zero attached hydrogens (tertiary/aromatic N) is 2. The summed E-state index contributed by atoms with van der Waals surface area (Å²) < 4.78 is 71.2. The van der Waals surface area contributed by atoms with Gasteiger partial charge in [0.05, 0.1) is 29.8 Å². The van der Waals surface area contributed by atoms with E-state index >= 15 is 0 Å². The highest BCUT2D eigenvalue weighted by atomic mass is 32.2. The second-order valence-corrected chi connectivity index (χ2v) is 8.89. The lowest BCUT2D eigenvalue weighted by atomic mass is 10.2. The maximum absolute atomic E-state index is 13.2. The number of carbonyl (C=O) groups is 2. The van der Waals surface area contributed by atoms with Crippen molar-refractivity contribution in [3.63, 3.8) is 0 Å². The molecule has 0 bridgehead atoms. The van der Waals surface area contributed by atoms with Crippen LogP contribution < -0.4 is 10.6 Å². The molecular formula is C19H21F3N4O5S. The minimum atomic E-state index is -4.80. The zero-order valence-electron chi connectivity index (χ0n) is 16.8. The first-order chi connectivity index (χ1) is 15.1. The van der Waals surface area contributed by atoms with Gasteiger partial charge < -0.3 is 9.73 Å². The molecule has 2 N–H and O–H groups in total. The molecule has 1 saturated heterocycles. The maximum Gasteiger partial charge on any atom is 0.417 e. The van der Waals surface area contributed by atoms with Gasteiger partial charge in [0.25, 0.3) is 0 Å². The Kier molecular flexibility index (Phi) is 7.21. The number of hydrogen-bond acceptors (Lipinski definition) is 6. The molecule has 32 heavy (non-hydrogen) atoms. The average molecular weight is 474 g/mol. The molecule has 1 aromatic carbocycles. The van der Waals surface area contributed by atoms with Gasteiger partial charge in [0, 0.05) is 26.2 Å². The summed E-state index contributed by atoms with van der Waals surface area (Å²) >= 11 is 0. The molecule has 1 fully saturated rings. The predicted octanol–water partition coefficient (Wildman–Crippen LogP) is 1.63. The highest BCUT2D eigenvalue weighted by Crippen LogP contribution is 2.35. The van der Waals surface area contributed by atoms with Crippen LogP contribution in [0.3, 0.4) is 0 Å². The third kappa shape index (κ3) is 5.87. The topological polar surface area (TPSA) is 112 Å². The van der Waals surface area contributed by atoms with Crippen molar-refractivity contribution >= 4 is 22.0 Å². The van der Waals surface area contributed by atoms with E-state index in [2.05, 4.69) is 10.6 Å². The van der Waals surface area contributed by atoms with Gasteiger partial charge >= 0.3 is 12.2 Å². The molecule has 2 aromatic rings. The largest absolute Gasteiger partial charge is 0.467 e. The molecule has 174 valence electrons. The molecule has 0 saturated carbocycles. The summed E-state index contributed by atoms with van der Waals surface area (Å²) in [6.45, 7) is -0.00800. The zero-order valence-corrected chi connectivity index (χ0v) is 17.6. The second kappa shape index (κ2) is 9.71. The van der Waals surface area contributed by atoms with Crippen molar-refractivity contribution < 1.29 is 35.6 Å². The van der Waals surface area contributed by atoms with Crippen LogP contribution in [-0.4, -0.2) is 62.3 Å². The third-order valence-electron chi connectivity index (χ3n) is 4.76. The van der Waals surface area contributed by atoms with Crippen LogP contribution in [0.2, 0.25) is 0 Å². The van der Waals surface area contributed by atoms with Gasteiger partial charge in [-0.1, -0.05) is 12.1 Å². The van der Waals surface area contributed by atoms with Crippen molar-refractivity contribution in [2.45, 2.75) is 17.6 Å². The van der Waals surface area contributed by atoms with E-state index in [-0.39, 0.29) is 39.3 Å². The summed E-state index contributed by atoms with van der Waals surface area (Å²) in [6.07, 6.45) is -3.36. The molecule has 0 spiro atoms. The Morgan fingerprint density at radius 3 is 2.34 bits per heavy atom. The molecule has 9 nitrogen and oxygen atoms in total. The van der Waals surface area contributed by atoms with Crippen LogP contribution in [0.4, 0.5) is 18.0 Å². The van der Waals surface area contributed by atoms with Crippen LogP contribution in [0.5, 0.6) is 0 Å². The zero-order chi connectivity index (χ0) is 23.4. The van der Waals surface area contributed by atoms with Gasteiger partial charge in [-0.3, -0.25) is 15.0 Å². The molecule has 13 heteroatoms. The molecule has 0 aliphatic carbocycles. The standard InChI is InChI=1S/C19H21F3N4O5S/c20-19(21,22)15-5-1-2-6-16(15)32(29,30)26-9-7-25(8-10-26)13-17(27)24-18(28)23-12-14-4-3-11-31-14/h1-6,11H,7-10,12-13H2,(H2,23,24,27,28). The maximum atomic E-state index is 13.2. The number of nitrogens with one attached hydrogen (secondary N) is 2. The van der Waals surface area contributed by atoms with Crippen molar-refractivity contribution in [2.75, 3.05) is 32.7 Å². The summed E-state index contributed by atoms with van der Waals surface area (Å²) in [5, 5.41) is 4.61. The highest BCUT2D eigenvalue weighted by Gasteiger charge is 2.39. The molecule has 1 aromatic heterocycles. The van der Waals surface area contributed by atoms with Crippen molar-refractivity contribution in [3.8, 4) is 0 Å². The van der Waals surface area contributed by atoms with Crippen molar-refractivity contribution in [1.29, 1.82) is 0 Å². The van der Waals surface area contributed by atoms with Crippen molar-refractivity contribution in [2.24, 2.45) is 0 Å². The van der Waals surface area contributed by atoms with E-state index < -0.39 is 38.6 Å². The first kappa shape index (κ1) is 23.8. The van der Waals surface area contributed by atoms with Gasteiger partial charge in [-0.2, -0.15) is 17.5 Å². The van der Waals surface area contributed by atoms with Gasteiger partial charge in [-0.05, 0) is 24.3 Å². The molecule has 3 rings (SSSR count). The van der Waals surface area contributed by atoms with E-state index in [1.807, 2.05) is 0 Å². The van der Waals surface area contributed by atoms with E-state index in [4.69, 9.17) is 4.42 Å². The Morgan fingerprint density at radius 2 is 1.72 bits per heavy atom. The van der Waals surface area contributed by atoms with E-state index in [0.29, 0.717) is 5.76 Å². The summed E-state index contributed by atoms with van der Waals surface area (Å²) in [6, 6.07) is 6.62.